The molecule has 2 atom stereocenters. The Kier molecular flexibility index (Phi) is 8.61. The van der Waals surface area contributed by atoms with Gasteiger partial charge in [0.25, 0.3) is 0 Å². The SMILES string of the molecule is CCCOc1ccc(CN(CCC)C(=O)C(C)C(C)N)cc1OC. The van der Waals surface area contributed by atoms with Crippen LogP contribution in [0.15, 0.2) is 18.2 Å². The summed E-state index contributed by atoms with van der Waals surface area (Å²) in [7, 11) is 1.63. The van der Waals surface area contributed by atoms with Gasteiger partial charge in [-0.2, -0.15) is 0 Å². The number of carbonyl (C=O) groups excluding carboxylic acids is 1. The van der Waals surface area contributed by atoms with Crippen LogP contribution in [0, 0.1) is 5.92 Å². The second-order valence-corrected chi connectivity index (χ2v) is 6.24. The van der Waals surface area contributed by atoms with Gasteiger partial charge in [0.1, 0.15) is 0 Å². The van der Waals surface area contributed by atoms with Crippen LogP contribution in [0.5, 0.6) is 11.5 Å². The zero-order valence-electron chi connectivity index (χ0n) is 15.7. The van der Waals surface area contributed by atoms with Gasteiger partial charge in [-0.25, -0.2) is 0 Å². The van der Waals surface area contributed by atoms with E-state index in [1.807, 2.05) is 36.9 Å². The quantitative estimate of drug-likeness (QED) is 0.712. The van der Waals surface area contributed by atoms with Crippen molar-refractivity contribution in [2.45, 2.75) is 53.1 Å². The molecule has 5 heteroatoms. The van der Waals surface area contributed by atoms with Crippen molar-refractivity contribution in [3.05, 3.63) is 23.8 Å². The van der Waals surface area contributed by atoms with Crippen LogP contribution in [0.1, 0.15) is 46.1 Å². The minimum Gasteiger partial charge on any atom is -0.493 e. The number of hydrogen-bond acceptors (Lipinski definition) is 4. The predicted molar refractivity (Wildman–Crippen MR) is 97.3 cm³/mol. The largest absolute Gasteiger partial charge is 0.493 e. The molecular weight excluding hydrogens is 304 g/mol. The Morgan fingerprint density at radius 2 is 1.92 bits per heavy atom. The normalized spacial score (nSPS) is 13.2. The van der Waals surface area contributed by atoms with Crippen LogP contribution in [0.25, 0.3) is 0 Å². The molecule has 136 valence electrons. The van der Waals surface area contributed by atoms with E-state index in [1.54, 1.807) is 7.11 Å². The number of hydrogen-bond donors (Lipinski definition) is 1. The lowest BCUT2D eigenvalue weighted by atomic mass is 10.0. The zero-order valence-corrected chi connectivity index (χ0v) is 15.7. The van der Waals surface area contributed by atoms with Crippen LogP contribution in [-0.2, 0) is 11.3 Å². The monoisotopic (exact) mass is 336 g/mol. The van der Waals surface area contributed by atoms with E-state index in [9.17, 15) is 4.79 Å². The average Bonchev–Trinajstić information content (AvgIpc) is 2.58. The fourth-order valence-electron chi connectivity index (χ4n) is 2.41. The van der Waals surface area contributed by atoms with Gasteiger partial charge < -0.3 is 20.1 Å². The molecule has 0 aliphatic carbocycles. The smallest absolute Gasteiger partial charge is 0.227 e. The maximum atomic E-state index is 12.6. The molecule has 1 rings (SSSR count). The lowest BCUT2D eigenvalue weighted by Crippen LogP contribution is -2.41. The molecule has 24 heavy (non-hydrogen) atoms. The van der Waals surface area contributed by atoms with E-state index in [-0.39, 0.29) is 17.9 Å². The van der Waals surface area contributed by atoms with Crippen LogP contribution in [0.4, 0.5) is 0 Å². The number of benzene rings is 1. The van der Waals surface area contributed by atoms with Gasteiger partial charge in [-0.3, -0.25) is 4.79 Å². The summed E-state index contributed by atoms with van der Waals surface area (Å²) in [6, 6.07) is 5.68. The number of methoxy groups -OCH3 is 1. The fourth-order valence-corrected chi connectivity index (χ4v) is 2.41. The Balaban J connectivity index is 2.92. The summed E-state index contributed by atoms with van der Waals surface area (Å²) in [6.45, 7) is 9.81. The van der Waals surface area contributed by atoms with Crippen molar-refractivity contribution in [2.75, 3.05) is 20.3 Å². The molecule has 2 unspecified atom stereocenters. The van der Waals surface area contributed by atoms with Crippen LogP contribution < -0.4 is 15.2 Å². The van der Waals surface area contributed by atoms with Gasteiger partial charge in [-0.05, 0) is 37.5 Å². The maximum absolute atomic E-state index is 12.6. The Labute approximate surface area is 146 Å². The van der Waals surface area contributed by atoms with Crippen LogP contribution in [0.2, 0.25) is 0 Å². The first kappa shape index (κ1) is 20.3. The van der Waals surface area contributed by atoms with Gasteiger partial charge in [0.2, 0.25) is 5.91 Å². The number of nitrogens with two attached hydrogens (primary N) is 1. The number of amides is 1. The predicted octanol–water partition coefficient (Wildman–Crippen LogP) is 3.21. The Morgan fingerprint density at radius 3 is 2.46 bits per heavy atom. The minimum absolute atomic E-state index is 0.0946. The molecule has 5 nitrogen and oxygen atoms in total. The zero-order chi connectivity index (χ0) is 18.1. The topological polar surface area (TPSA) is 64.8 Å². The van der Waals surface area contributed by atoms with E-state index in [2.05, 4.69) is 13.8 Å². The highest BCUT2D eigenvalue weighted by atomic mass is 16.5. The third-order valence-electron chi connectivity index (χ3n) is 4.05. The molecule has 0 spiro atoms. The first-order valence-electron chi connectivity index (χ1n) is 8.78. The second kappa shape index (κ2) is 10.2. The fraction of sp³-hybridized carbons (Fsp3) is 0.632. The van der Waals surface area contributed by atoms with E-state index in [4.69, 9.17) is 15.2 Å². The van der Waals surface area contributed by atoms with E-state index >= 15 is 0 Å². The van der Waals surface area contributed by atoms with Gasteiger partial charge in [-0.15, -0.1) is 0 Å². The third-order valence-corrected chi connectivity index (χ3v) is 4.05. The first-order chi connectivity index (χ1) is 11.4. The molecule has 1 amide bonds. The molecule has 0 heterocycles. The van der Waals surface area contributed by atoms with Crippen molar-refractivity contribution in [2.24, 2.45) is 11.7 Å². The van der Waals surface area contributed by atoms with Crippen molar-refractivity contribution in [1.82, 2.24) is 4.90 Å². The molecule has 1 aromatic rings. The van der Waals surface area contributed by atoms with Crippen molar-refractivity contribution in [1.29, 1.82) is 0 Å². The number of rotatable bonds is 10. The highest BCUT2D eigenvalue weighted by Crippen LogP contribution is 2.29. The summed E-state index contributed by atoms with van der Waals surface area (Å²) < 4.78 is 11.1. The molecule has 0 saturated heterocycles. The second-order valence-electron chi connectivity index (χ2n) is 6.24. The Morgan fingerprint density at radius 1 is 1.21 bits per heavy atom. The van der Waals surface area contributed by atoms with Gasteiger partial charge >= 0.3 is 0 Å². The Hall–Kier alpha value is -1.75. The van der Waals surface area contributed by atoms with E-state index in [0.717, 1.165) is 24.2 Å². The lowest BCUT2D eigenvalue weighted by Gasteiger charge is -2.27. The summed E-state index contributed by atoms with van der Waals surface area (Å²) in [5, 5.41) is 0. The lowest BCUT2D eigenvalue weighted by molar-refractivity contribution is -0.136. The van der Waals surface area contributed by atoms with Gasteiger partial charge in [-0.1, -0.05) is 26.8 Å². The van der Waals surface area contributed by atoms with Crippen LogP contribution >= 0.6 is 0 Å². The van der Waals surface area contributed by atoms with Gasteiger partial charge in [0.05, 0.1) is 19.6 Å². The van der Waals surface area contributed by atoms with Crippen LogP contribution in [-0.4, -0.2) is 37.1 Å². The van der Waals surface area contributed by atoms with E-state index in [1.165, 1.54) is 0 Å². The summed E-state index contributed by atoms with van der Waals surface area (Å²) in [5.74, 6) is 1.34. The molecule has 0 aromatic heterocycles. The van der Waals surface area contributed by atoms with Crippen molar-refractivity contribution in [3.63, 3.8) is 0 Å². The summed E-state index contributed by atoms with van der Waals surface area (Å²) in [4.78, 5) is 14.5. The Bertz CT molecular complexity index is 517. The number of carbonyl (C=O) groups is 1. The molecule has 0 aliphatic rings. The van der Waals surface area contributed by atoms with Gasteiger partial charge in [0, 0.05) is 19.1 Å². The minimum atomic E-state index is -0.189. The summed E-state index contributed by atoms with van der Waals surface area (Å²) in [6.07, 6.45) is 1.85. The summed E-state index contributed by atoms with van der Waals surface area (Å²) in [5.41, 5.74) is 6.91. The van der Waals surface area contributed by atoms with Crippen molar-refractivity contribution >= 4 is 5.91 Å². The molecule has 2 N–H and O–H groups in total. The molecule has 0 bridgehead atoms. The highest BCUT2D eigenvalue weighted by Gasteiger charge is 2.23. The summed E-state index contributed by atoms with van der Waals surface area (Å²) >= 11 is 0. The molecule has 0 saturated carbocycles. The van der Waals surface area contributed by atoms with Crippen molar-refractivity contribution < 1.29 is 14.3 Å². The number of nitrogens with zero attached hydrogens (tertiary/aromatic N) is 1. The highest BCUT2D eigenvalue weighted by molar-refractivity contribution is 5.79. The standard InChI is InChI=1S/C19H32N2O3/c1-6-10-21(19(22)14(3)15(4)20)13-16-8-9-17(24-11-7-2)18(12-16)23-5/h8-9,12,14-15H,6-7,10-11,13,20H2,1-5H3. The van der Waals surface area contributed by atoms with E-state index < -0.39 is 0 Å². The van der Waals surface area contributed by atoms with Crippen LogP contribution in [0.3, 0.4) is 0 Å². The average molecular weight is 336 g/mol. The first-order valence-corrected chi connectivity index (χ1v) is 8.78. The maximum Gasteiger partial charge on any atom is 0.227 e. The third kappa shape index (κ3) is 5.71. The molecule has 0 radical (unpaired) electrons. The van der Waals surface area contributed by atoms with Gasteiger partial charge in [0.15, 0.2) is 11.5 Å². The molecule has 0 aliphatic heterocycles. The molecular formula is C19H32N2O3. The van der Waals surface area contributed by atoms with E-state index in [0.29, 0.717) is 25.4 Å². The number of ether oxygens (including phenoxy) is 2. The molecule has 1 aromatic carbocycles. The van der Waals surface area contributed by atoms with Crippen molar-refractivity contribution in [3.8, 4) is 11.5 Å². The molecule has 0 fully saturated rings.